The maximum Gasteiger partial charge on any atom is 0.185 e. The number of nitrogens with zero attached hydrogens (tertiary/aromatic N) is 1. The predicted molar refractivity (Wildman–Crippen MR) is 91.1 cm³/mol. The van der Waals surface area contributed by atoms with E-state index < -0.39 is 13.9 Å². The molecule has 1 aliphatic carbocycles. The van der Waals surface area contributed by atoms with Crippen molar-refractivity contribution in [3.05, 3.63) is 71.8 Å². The van der Waals surface area contributed by atoms with Crippen molar-refractivity contribution in [2.45, 2.75) is 37.1 Å². The Labute approximate surface area is 133 Å². The highest BCUT2D eigenvalue weighted by Crippen LogP contribution is 2.64. The van der Waals surface area contributed by atoms with Crippen LogP contribution in [0.25, 0.3) is 0 Å². The zero-order chi connectivity index (χ0) is 15.8. The first kappa shape index (κ1) is 15.0. The third-order valence-corrected chi connectivity index (χ3v) is 5.23. The SMILES string of the molecule is C[Si](C)(C)OC1(C#N)CC1(c1ccccc1)c1ccccc1. The number of benzene rings is 2. The molecule has 2 aromatic rings. The molecule has 2 nitrogen and oxygen atoms in total. The van der Waals surface area contributed by atoms with Crippen molar-refractivity contribution in [3.8, 4) is 6.07 Å². The van der Waals surface area contributed by atoms with E-state index in [1.807, 2.05) is 36.4 Å². The topological polar surface area (TPSA) is 33.0 Å². The van der Waals surface area contributed by atoms with Gasteiger partial charge in [-0.05, 0) is 30.8 Å². The van der Waals surface area contributed by atoms with Crippen LogP contribution < -0.4 is 0 Å². The smallest absolute Gasteiger partial charge is 0.185 e. The molecule has 112 valence electrons. The summed E-state index contributed by atoms with van der Waals surface area (Å²) in [6.45, 7) is 6.43. The van der Waals surface area contributed by atoms with E-state index in [1.54, 1.807) is 0 Å². The van der Waals surface area contributed by atoms with Crippen molar-refractivity contribution in [1.29, 1.82) is 5.26 Å². The summed E-state index contributed by atoms with van der Waals surface area (Å²) in [5.74, 6) is 0. The van der Waals surface area contributed by atoms with E-state index in [0.29, 0.717) is 0 Å². The maximum absolute atomic E-state index is 9.93. The van der Waals surface area contributed by atoms with Gasteiger partial charge in [0.1, 0.15) is 0 Å². The highest BCUT2D eigenvalue weighted by atomic mass is 28.4. The van der Waals surface area contributed by atoms with Gasteiger partial charge in [-0.1, -0.05) is 60.7 Å². The molecule has 0 N–H and O–H groups in total. The van der Waals surface area contributed by atoms with Crippen LogP contribution in [0.3, 0.4) is 0 Å². The van der Waals surface area contributed by atoms with E-state index in [2.05, 4.69) is 50.0 Å². The van der Waals surface area contributed by atoms with Crippen LogP contribution in [-0.4, -0.2) is 13.9 Å². The molecule has 1 saturated carbocycles. The van der Waals surface area contributed by atoms with Crippen molar-refractivity contribution in [1.82, 2.24) is 0 Å². The number of nitriles is 1. The van der Waals surface area contributed by atoms with E-state index in [-0.39, 0.29) is 5.41 Å². The Hall–Kier alpha value is -1.89. The highest BCUT2D eigenvalue weighted by molar-refractivity contribution is 6.70. The molecule has 1 fully saturated rings. The average molecular weight is 307 g/mol. The van der Waals surface area contributed by atoms with Crippen LogP contribution in [0.4, 0.5) is 0 Å². The molecular formula is C19H21NOSi. The third kappa shape index (κ3) is 2.29. The third-order valence-electron chi connectivity index (χ3n) is 4.27. The minimum absolute atomic E-state index is 0.343. The fourth-order valence-corrected chi connectivity index (χ4v) is 4.75. The summed E-state index contributed by atoms with van der Waals surface area (Å²) in [5, 5.41) is 9.93. The summed E-state index contributed by atoms with van der Waals surface area (Å²) in [6, 6.07) is 23.1. The van der Waals surface area contributed by atoms with Gasteiger partial charge >= 0.3 is 0 Å². The van der Waals surface area contributed by atoms with Crippen molar-refractivity contribution in [3.63, 3.8) is 0 Å². The summed E-state index contributed by atoms with van der Waals surface area (Å²) in [5.41, 5.74) is 1.26. The van der Waals surface area contributed by atoms with Gasteiger partial charge in [-0.3, -0.25) is 0 Å². The minimum Gasteiger partial charge on any atom is -0.399 e. The van der Waals surface area contributed by atoms with E-state index in [1.165, 1.54) is 11.1 Å². The molecular weight excluding hydrogens is 286 g/mol. The van der Waals surface area contributed by atoms with Crippen LogP contribution in [-0.2, 0) is 9.84 Å². The maximum atomic E-state index is 9.93. The van der Waals surface area contributed by atoms with E-state index in [0.717, 1.165) is 6.42 Å². The Morgan fingerprint density at radius 3 is 1.73 bits per heavy atom. The zero-order valence-corrected chi connectivity index (χ0v) is 14.3. The molecule has 0 radical (unpaired) electrons. The van der Waals surface area contributed by atoms with Gasteiger partial charge in [0.25, 0.3) is 0 Å². The van der Waals surface area contributed by atoms with Crippen LogP contribution in [0.2, 0.25) is 19.6 Å². The van der Waals surface area contributed by atoms with Gasteiger partial charge in [-0.15, -0.1) is 0 Å². The average Bonchev–Trinajstić information content (AvgIpc) is 3.17. The van der Waals surface area contributed by atoms with Crippen LogP contribution in [0.5, 0.6) is 0 Å². The Kier molecular flexibility index (Phi) is 3.47. The van der Waals surface area contributed by atoms with Crippen molar-refractivity contribution >= 4 is 8.32 Å². The summed E-state index contributed by atoms with van der Waals surface area (Å²) in [4.78, 5) is 0. The standard InChI is InChI=1S/C19H21NOSi/c1-22(2,3)21-18(15-20)14-19(18,16-10-6-4-7-11-16)17-12-8-5-9-13-17/h4-13H,14H2,1-3H3. The molecule has 0 amide bonds. The lowest BCUT2D eigenvalue weighted by molar-refractivity contribution is 0.207. The molecule has 0 aromatic heterocycles. The fourth-order valence-electron chi connectivity index (χ4n) is 3.42. The molecule has 3 rings (SSSR count). The Balaban J connectivity index is 2.14. The van der Waals surface area contributed by atoms with Gasteiger partial charge in [0.05, 0.1) is 11.5 Å². The Morgan fingerprint density at radius 1 is 0.909 bits per heavy atom. The molecule has 3 heteroatoms. The van der Waals surface area contributed by atoms with Crippen molar-refractivity contribution in [2.75, 3.05) is 0 Å². The van der Waals surface area contributed by atoms with Gasteiger partial charge in [-0.25, -0.2) is 0 Å². The van der Waals surface area contributed by atoms with Gasteiger partial charge in [0.2, 0.25) is 0 Å². The lowest BCUT2D eigenvalue weighted by Crippen LogP contribution is -2.38. The van der Waals surface area contributed by atoms with E-state index in [4.69, 9.17) is 4.43 Å². The summed E-state index contributed by atoms with van der Waals surface area (Å²) in [6.07, 6.45) is 0.731. The van der Waals surface area contributed by atoms with Crippen LogP contribution in [0, 0.1) is 11.3 Å². The molecule has 0 bridgehead atoms. The molecule has 0 saturated heterocycles. The van der Waals surface area contributed by atoms with Crippen molar-refractivity contribution < 1.29 is 4.43 Å². The summed E-state index contributed by atoms with van der Waals surface area (Å²) >= 11 is 0. The highest BCUT2D eigenvalue weighted by Gasteiger charge is 2.72. The lowest BCUT2D eigenvalue weighted by Gasteiger charge is -2.28. The molecule has 22 heavy (non-hydrogen) atoms. The second kappa shape index (κ2) is 5.08. The first-order chi connectivity index (χ1) is 10.4. The van der Waals surface area contributed by atoms with Crippen LogP contribution in [0.15, 0.2) is 60.7 Å². The van der Waals surface area contributed by atoms with Crippen LogP contribution in [0.1, 0.15) is 17.5 Å². The van der Waals surface area contributed by atoms with Gasteiger partial charge in [-0.2, -0.15) is 5.26 Å². The van der Waals surface area contributed by atoms with Gasteiger partial charge < -0.3 is 4.43 Å². The minimum atomic E-state index is -1.83. The fraction of sp³-hybridized carbons (Fsp3) is 0.316. The van der Waals surface area contributed by atoms with Crippen molar-refractivity contribution in [2.24, 2.45) is 0 Å². The first-order valence-electron chi connectivity index (χ1n) is 7.66. The van der Waals surface area contributed by atoms with Gasteiger partial charge in [0, 0.05) is 6.42 Å². The second-order valence-electron chi connectivity index (χ2n) is 6.97. The zero-order valence-electron chi connectivity index (χ0n) is 13.3. The molecule has 0 aliphatic heterocycles. The van der Waals surface area contributed by atoms with Crippen LogP contribution >= 0.6 is 0 Å². The quantitative estimate of drug-likeness (QED) is 0.780. The molecule has 1 unspecified atom stereocenters. The lowest BCUT2D eigenvalue weighted by atomic mass is 9.85. The molecule has 0 spiro atoms. The monoisotopic (exact) mass is 307 g/mol. The van der Waals surface area contributed by atoms with E-state index >= 15 is 0 Å². The van der Waals surface area contributed by atoms with Gasteiger partial charge in [0.15, 0.2) is 13.9 Å². The summed E-state index contributed by atoms with van der Waals surface area (Å²) in [7, 11) is -1.83. The Bertz CT molecular complexity index is 660. The summed E-state index contributed by atoms with van der Waals surface area (Å²) < 4.78 is 6.39. The molecule has 1 aliphatic rings. The molecule has 2 aromatic carbocycles. The number of hydrogen-bond acceptors (Lipinski definition) is 2. The largest absolute Gasteiger partial charge is 0.399 e. The first-order valence-corrected chi connectivity index (χ1v) is 11.1. The number of hydrogen-bond donors (Lipinski definition) is 0. The number of rotatable bonds is 4. The predicted octanol–water partition coefficient (Wildman–Crippen LogP) is 4.49. The molecule has 1 atom stereocenters. The Morgan fingerprint density at radius 2 is 1.36 bits per heavy atom. The van der Waals surface area contributed by atoms with E-state index in [9.17, 15) is 5.26 Å². The second-order valence-corrected chi connectivity index (χ2v) is 11.4. The normalized spacial score (nSPS) is 22.8. The molecule has 0 heterocycles.